The lowest BCUT2D eigenvalue weighted by Crippen LogP contribution is -1.93. The molecule has 0 heteroatoms. The summed E-state index contributed by atoms with van der Waals surface area (Å²) >= 11 is 0. The zero-order valence-electron chi connectivity index (χ0n) is 26.0. The van der Waals surface area contributed by atoms with Crippen LogP contribution in [0.1, 0.15) is 59.1 Å². The van der Waals surface area contributed by atoms with E-state index in [0.29, 0.717) is 11.8 Å². The lowest BCUT2D eigenvalue weighted by molar-refractivity contribution is 0.956. The molecule has 2 aliphatic rings. The molecule has 0 aromatic heterocycles. The molecule has 0 saturated carbocycles. The predicted octanol–water partition coefficient (Wildman–Crippen LogP) is 12.5. The SMILES string of the molecule is C=Cc1ccc2c(c1)C(C)c1cc(-c3ccc(-c4cc5c(c6ccccc46)-c4ccc(C)cc4C5C)cc3)c3ccccc3c1-2. The van der Waals surface area contributed by atoms with Gasteiger partial charge in [0, 0.05) is 11.8 Å². The van der Waals surface area contributed by atoms with Crippen LogP contribution < -0.4 is 0 Å². The van der Waals surface area contributed by atoms with E-state index in [1.165, 1.54) is 99.4 Å². The van der Waals surface area contributed by atoms with Gasteiger partial charge in [0.25, 0.3) is 0 Å². The Hall–Kier alpha value is -5.20. The number of aryl methyl sites for hydroxylation is 1. The quantitative estimate of drug-likeness (QED) is 0.197. The Bertz CT molecular complexity index is 2370. The molecule has 0 fully saturated rings. The summed E-state index contributed by atoms with van der Waals surface area (Å²) in [6.45, 7) is 10.9. The molecule has 7 aromatic rings. The van der Waals surface area contributed by atoms with Crippen molar-refractivity contribution in [3.05, 3.63) is 161 Å². The first-order chi connectivity index (χ1) is 22.0. The van der Waals surface area contributed by atoms with Gasteiger partial charge in [-0.25, -0.2) is 0 Å². The Morgan fingerprint density at radius 2 is 0.933 bits per heavy atom. The minimum Gasteiger partial charge on any atom is -0.0985 e. The number of rotatable bonds is 3. The van der Waals surface area contributed by atoms with Crippen LogP contribution in [0.2, 0.25) is 0 Å². The Morgan fingerprint density at radius 1 is 0.467 bits per heavy atom. The van der Waals surface area contributed by atoms with Crippen LogP contribution in [0.15, 0.2) is 128 Å². The minimum absolute atomic E-state index is 0.338. The summed E-state index contributed by atoms with van der Waals surface area (Å²) in [4.78, 5) is 0. The van der Waals surface area contributed by atoms with Crippen LogP contribution in [-0.4, -0.2) is 0 Å². The van der Waals surface area contributed by atoms with Gasteiger partial charge in [0.1, 0.15) is 0 Å². The van der Waals surface area contributed by atoms with Crippen molar-refractivity contribution < 1.29 is 0 Å². The van der Waals surface area contributed by atoms with Gasteiger partial charge in [-0.3, -0.25) is 0 Å². The van der Waals surface area contributed by atoms with Crippen molar-refractivity contribution in [2.75, 3.05) is 0 Å². The highest BCUT2D eigenvalue weighted by molar-refractivity contribution is 6.10. The van der Waals surface area contributed by atoms with Crippen LogP contribution in [0.5, 0.6) is 0 Å². The number of hydrogen-bond acceptors (Lipinski definition) is 0. The van der Waals surface area contributed by atoms with Crippen molar-refractivity contribution in [3.63, 3.8) is 0 Å². The van der Waals surface area contributed by atoms with Crippen LogP contribution in [0.25, 0.3) is 72.1 Å². The second-order valence-corrected chi connectivity index (χ2v) is 13.0. The first kappa shape index (κ1) is 26.2. The number of benzene rings is 7. The molecule has 9 rings (SSSR count). The Labute approximate surface area is 265 Å². The van der Waals surface area contributed by atoms with Crippen molar-refractivity contribution in [1.29, 1.82) is 0 Å². The van der Waals surface area contributed by atoms with E-state index < -0.39 is 0 Å². The van der Waals surface area contributed by atoms with Crippen molar-refractivity contribution in [2.45, 2.75) is 32.6 Å². The summed E-state index contributed by atoms with van der Waals surface area (Å²) in [5.74, 6) is 0.717. The van der Waals surface area contributed by atoms with Crippen molar-refractivity contribution in [2.24, 2.45) is 0 Å². The summed E-state index contributed by atoms with van der Waals surface area (Å²) in [5.41, 5.74) is 18.9. The molecule has 0 bridgehead atoms. The molecule has 2 atom stereocenters. The van der Waals surface area contributed by atoms with E-state index >= 15 is 0 Å². The number of hydrogen-bond donors (Lipinski definition) is 0. The predicted molar refractivity (Wildman–Crippen MR) is 193 cm³/mol. The van der Waals surface area contributed by atoms with Crippen LogP contribution >= 0.6 is 0 Å². The third-order valence-corrected chi connectivity index (χ3v) is 10.6. The second kappa shape index (κ2) is 9.65. The fraction of sp³-hybridized carbons (Fsp3) is 0.111. The zero-order chi connectivity index (χ0) is 30.4. The van der Waals surface area contributed by atoms with E-state index in [0.717, 1.165) is 0 Å². The molecule has 0 amide bonds. The summed E-state index contributed by atoms with van der Waals surface area (Å²) in [6.07, 6.45) is 1.95. The van der Waals surface area contributed by atoms with Crippen molar-refractivity contribution in [1.82, 2.24) is 0 Å². The molecular formula is C45H34. The van der Waals surface area contributed by atoms with E-state index in [1.54, 1.807) is 0 Å². The van der Waals surface area contributed by atoms with Gasteiger partial charge >= 0.3 is 0 Å². The number of fused-ring (bicyclic) bond motifs is 10. The molecule has 0 radical (unpaired) electrons. The lowest BCUT2D eigenvalue weighted by atomic mass is 9.87. The molecule has 2 unspecified atom stereocenters. The van der Waals surface area contributed by atoms with Gasteiger partial charge in [-0.05, 0) is 113 Å². The molecule has 0 heterocycles. The van der Waals surface area contributed by atoms with Gasteiger partial charge in [0.2, 0.25) is 0 Å². The summed E-state index contributed by atoms with van der Waals surface area (Å²) in [7, 11) is 0. The Kier molecular flexibility index (Phi) is 5.62. The maximum Gasteiger partial charge on any atom is 0.00739 e. The largest absolute Gasteiger partial charge is 0.0985 e. The molecule has 0 nitrogen and oxygen atoms in total. The monoisotopic (exact) mass is 574 g/mol. The van der Waals surface area contributed by atoms with Gasteiger partial charge in [-0.15, -0.1) is 0 Å². The van der Waals surface area contributed by atoms with Crippen molar-refractivity contribution >= 4 is 27.6 Å². The molecule has 0 N–H and O–H groups in total. The fourth-order valence-corrected chi connectivity index (χ4v) is 8.28. The summed E-state index contributed by atoms with van der Waals surface area (Å²) < 4.78 is 0. The molecule has 0 aliphatic heterocycles. The second-order valence-electron chi connectivity index (χ2n) is 13.0. The first-order valence-corrected chi connectivity index (χ1v) is 16.1. The smallest absolute Gasteiger partial charge is 0.00739 e. The molecule has 2 aliphatic carbocycles. The highest BCUT2D eigenvalue weighted by Gasteiger charge is 2.30. The Morgan fingerprint density at radius 3 is 1.44 bits per heavy atom. The Balaban J connectivity index is 1.19. The maximum atomic E-state index is 4.01. The fourth-order valence-electron chi connectivity index (χ4n) is 8.28. The van der Waals surface area contributed by atoms with E-state index in [1.807, 2.05) is 6.08 Å². The topological polar surface area (TPSA) is 0 Å². The van der Waals surface area contributed by atoms with Gasteiger partial charge in [-0.2, -0.15) is 0 Å². The highest BCUT2D eigenvalue weighted by atomic mass is 14.3. The van der Waals surface area contributed by atoms with Gasteiger partial charge in [-0.1, -0.05) is 141 Å². The van der Waals surface area contributed by atoms with E-state index in [4.69, 9.17) is 0 Å². The first-order valence-electron chi connectivity index (χ1n) is 16.1. The van der Waals surface area contributed by atoms with Gasteiger partial charge < -0.3 is 0 Å². The average molecular weight is 575 g/mol. The minimum atomic E-state index is 0.338. The molecular weight excluding hydrogens is 540 g/mol. The van der Waals surface area contributed by atoms with Crippen molar-refractivity contribution in [3.8, 4) is 44.5 Å². The van der Waals surface area contributed by atoms with Crippen LogP contribution in [0, 0.1) is 6.92 Å². The third kappa shape index (κ3) is 3.72. The summed E-state index contributed by atoms with van der Waals surface area (Å²) in [6, 6.07) is 45.9. The van der Waals surface area contributed by atoms with E-state index in [-0.39, 0.29) is 0 Å². The van der Waals surface area contributed by atoms with Crippen LogP contribution in [0.4, 0.5) is 0 Å². The summed E-state index contributed by atoms with van der Waals surface area (Å²) in [5, 5.41) is 5.31. The molecule has 0 spiro atoms. The van der Waals surface area contributed by atoms with Gasteiger partial charge in [0.15, 0.2) is 0 Å². The maximum absolute atomic E-state index is 4.01. The lowest BCUT2D eigenvalue weighted by Gasteiger charge is -2.16. The van der Waals surface area contributed by atoms with Gasteiger partial charge in [0.05, 0.1) is 0 Å². The normalized spacial score (nSPS) is 16.0. The molecule has 45 heavy (non-hydrogen) atoms. The molecule has 7 aromatic carbocycles. The average Bonchev–Trinajstić information content (AvgIpc) is 3.53. The molecule has 0 saturated heterocycles. The van der Waals surface area contributed by atoms with Crippen LogP contribution in [-0.2, 0) is 0 Å². The molecule has 214 valence electrons. The highest BCUT2D eigenvalue weighted by Crippen LogP contribution is 2.52. The zero-order valence-corrected chi connectivity index (χ0v) is 26.0. The third-order valence-electron chi connectivity index (χ3n) is 10.6. The van der Waals surface area contributed by atoms with E-state index in [9.17, 15) is 0 Å². The van der Waals surface area contributed by atoms with E-state index in [2.05, 4.69) is 149 Å². The van der Waals surface area contributed by atoms with Crippen LogP contribution in [0.3, 0.4) is 0 Å². The standard InChI is InChI=1S/C45H34/c1-5-29-15-21-37-39(23-29)28(4)41-25-43(33-11-7-9-13-35(33)45(37)41)31-18-16-30(17-19-31)42-24-40-27(3)38-22-26(2)14-20-36(38)44(40)34-12-8-6-10-32(34)42/h5-25,27-28H,1H2,2-4H3.